The maximum atomic E-state index is 12.5. The van der Waals surface area contributed by atoms with Gasteiger partial charge in [0.2, 0.25) is 11.8 Å². The molecule has 0 aromatic rings. The quantitative estimate of drug-likeness (QED) is 0.630. The van der Waals surface area contributed by atoms with Gasteiger partial charge in [-0.1, -0.05) is 33.8 Å². The number of carbonyl (C=O) groups is 3. The van der Waals surface area contributed by atoms with Gasteiger partial charge in [-0.25, -0.2) is 4.79 Å². The van der Waals surface area contributed by atoms with Gasteiger partial charge in [-0.3, -0.25) is 9.59 Å². The molecule has 0 bridgehead atoms. The molecule has 3 amide bonds. The number of ether oxygens (including phenoxy) is 1. The lowest BCUT2D eigenvalue weighted by Crippen LogP contribution is -2.55. The van der Waals surface area contributed by atoms with E-state index in [1.807, 2.05) is 6.92 Å². The number of nitrogens with one attached hydrogen (secondary N) is 3. The molecule has 0 aliphatic carbocycles. The second-order valence-corrected chi connectivity index (χ2v) is 6.93. The third kappa shape index (κ3) is 8.55. The molecule has 0 radical (unpaired) electrons. The molecule has 24 heavy (non-hydrogen) atoms. The fraction of sp³-hybridized carbons (Fsp3) is 0.706. The van der Waals surface area contributed by atoms with Crippen LogP contribution in [-0.2, 0) is 14.3 Å². The third-order valence-electron chi connectivity index (χ3n) is 3.08. The van der Waals surface area contributed by atoms with Crippen molar-refractivity contribution in [3.05, 3.63) is 12.8 Å². The van der Waals surface area contributed by atoms with E-state index in [1.165, 1.54) is 6.20 Å². The van der Waals surface area contributed by atoms with E-state index in [0.717, 1.165) is 6.42 Å². The fourth-order valence-electron chi connectivity index (χ4n) is 1.99. The summed E-state index contributed by atoms with van der Waals surface area (Å²) in [7, 11) is 0. The van der Waals surface area contributed by atoms with E-state index >= 15 is 0 Å². The van der Waals surface area contributed by atoms with Crippen LogP contribution in [0.5, 0.6) is 0 Å². The Balaban J connectivity index is 4.97. The Morgan fingerprint density at radius 2 is 1.71 bits per heavy atom. The minimum absolute atomic E-state index is 0.165. The van der Waals surface area contributed by atoms with Crippen LogP contribution in [0.4, 0.5) is 4.79 Å². The molecule has 0 rings (SSSR count). The van der Waals surface area contributed by atoms with E-state index < -0.39 is 29.7 Å². The Kier molecular flexibility index (Phi) is 9.10. The van der Waals surface area contributed by atoms with Gasteiger partial charge in [0.25, 0.3) is 0 Å². The number of hydrogen-bond acceptors (Lipinski definition) is 4. The molecule has 138 valence electrons. The summed E-state index contributed by atoms with van der Waals surface area (Å²) >= 11 is 0. The second kappa shape index (κ2) is 9.95. The Morgan fingerprint density at radius 3 is 2.12 bits per heavy atom. The smallest absolute Gasteiger partial charge is 0.408 e. The van der Waals surface area contributed by atoms with Crippen molar-refractivity contribution in [1.29, 1.82) is 0 Å². The van der Waals surface area contributed by atoms with Gasteiger partial charge in [0.1, 0.15) is 17.7 Å². The maximum Gasteiger partial charge on any atom is 0.408 e. The summed E-state index contributed by atoms with van der Waals surface area (Å²) in [6.07, 6.45) is 1.82. The number of rotatable bonds is 8. The topological polar surface area (TPSA) is 96.5 Å². The summed E-state index contributed by atoms with van der Waals surface area (Å²) in [5.41, 5.74) is -0.656. The first kappa shape index (κ1) is 21.9. The van der Waals surface area contributed by atoms with Crippen molar-refractivity contribution in [3.8, 4) is 0 Å². The van der Waals surface area contributed by atoms with E-state index in [-0.39, 0.29) is 11.8 Å². The van der Waals surface area contributed by atoms with Crippen molar-refractivity contribution < 1.29 is 19.1 Å². The van der Waals surface area contributed by atoms with Crippen LogP contribution in [0.2, 0.25) is 0 Å². The summed E-state index contributed by atoms with van der Waals surface area (Å²) < 4.78 is 5.18. The highest BCUT2D eigenvalue weighted by atomic mass is 16.6. The number of alkyl carbamates (subject to hydrolysis) is 1. The summed E-state index contributed by atoms with van der Waals surface area (Å²) in [6.45, 7) is 14.2. The first-order valence-electron chi connectivity index (χ1n) is 8.23. The van der Waals surface area contributed by atoms with Crippen LogP contribution >= 0.6 is 0 Å². The highest BCUT2D eigenvalue weighted by molar-refractivity contribution is 5.91. The van der Waals surface area contributed by atoms with Crippen molar-refractivity contribution in [3.63, 3.8) is 0 Å². The van der Waals surface area contributed by atoms with Crippen molar-refractivity contribution in [1.82, 2.24) is 16.0 Å². The molecular formula is C17H31N3O4. The molecule has 2 atom stereocenters. The minimum Gasteiger partial charge on any atom is -0.444 e. The SMILES string of the molecule is C=CNC(=O)[C@H](CCC)NC(=O)[C@@H](NC(=O)OC(C)(C)C)C(C)C. The van der Waals surface area contributed by atoms with Crippen molar-refractivity contribution in [2.24, 2.45) is 5.92 Å². The van der Waals surface area contributed by atoms with E-state index in [9.17, 15) is 14.4 Å². The fourth-order valence-corrected chi connectivity index (χ4v) is 1.99. The number of carbonyl (C=O) groups excluding carboxylic acids is 3. The molecule has 0 saturated carbocycles. The number of hydrogen-bond donors (Lipinski definition) is 3. The predicted molar refractivity (Wildman–Crippen MR) is 93.2 cm³/mol. The maximum absolute atomic E-state index is 12.5. The minimum atomic E-state index is -0.796. The van der Waals surface area contributed by atoms with Crippen LogP contribution in [0.1, 0.15) is 54.4 Å². The Hall–Kier alpha value is -2.05. The van der Waals surface area contributed by atoms with Gasteiger partial charge in [-0.15, -0.1) is 0 Å². The van der Waals surface area contributed by atoms with Gasteiger partial charge in [0, 0.05) is 0 Å². The van der Waals surface area contributed by atoms with Crippen LogP contribution in [-0.4, -0.2) is 35.6 Å². The summed E-state index contributed by atoms with van der Waals surface area (Å²) in [6, 6.07) is -1.47. The van der Waals surface area contributed by atoms with E-state index in [4.69, 9.17) is 4.74 Å². The molecule has 7 heteroatoms. The average molecular weight is 341 g/mol. The zero-order chi connectivity index (χ0) is 18.9. The van der Waals surface area contributed by atoms with Gasteiger partial charge in [0.15, 0.2) is 0 Å². The largest absolute Gasteiger partial charge is 0.444 e. The van der Waals surface area contributed by atoms with Gasteiger partial charge in [-0.2, -0.15) is 0 Å². The van der Waals surface area contributed by atoms with Crippen molar-refractivity contribution in [2.45, 2.75) is 72.1 Å². The average Bonchev–Trinajstić information content (AvgIpc) is 2.42. The molecule has 0 saturated heterocycles. The van der Waals surface area contributed by atoms with Crippen LogP contribution in [0.3, 0.4) is 0 Å². The Bertz CT molecular complexity index is 455. The first-order valence-corrected chi connectivity index (χ1v) is 8.23. The van der Waals surface area contributed by atoms with Crippen LogP contribution in [0, 0.1) is 5.92 Å². The molecular weight excluding hydrogens is 310 g/mol. The molecule has 0 heterocycles. The predicted octanol–water partition coefficient (Wildman–Crippen LogP) is 2.08. The van der Waals surface area contributed by atoms with Crippen molar-refractivity contribution in [2.75, 3.05) is 0 Å². The van der Waals surface area contributed by atoms with E-state index in [0.29, 0.717) is 6.42 Å². The number of amides is 3. The zero-order valence-corrected chi connectivity index (χ0v) is 15.6. The van der Waals surface area contributed by atoms with Gasteiger partial charge in [-0.05, 0) is 39.3 Å². The normalized spacial score (nSPS) is 13.6. The van der Waals surface area contributed by atoms with E-state index in [1.54, 1.807) is 34.6 Å². The highest BCUT2D eigenvalue weighted by Gasteiger charge is 2.29. The van der Waals surface area contributed by atoms with Crippen LogP contribution in [0.25, 0.3) is 0 Å². The van der Waals surface area contributed by atoms with Crippen molar-refractivity contribution >= 4 is 17.9 Å². The monoisotopic (exact) mass is 341 g/mol. The van der Waals surface area contributed by atoms with Crippen LogP contribution in [0.15, 0.2) is 12.8 Å². The van der Waals surface area contributed by atoms with Gasteiger partial charge >= 0.3 is 6.09 Å². The molecule has 0 unspecified atom stereocenters. The molecule has 7 nitrogen and oxygen atoms in total. The summed E-state index contributed by atoms with van der Waals surface area (Å²) in [5.74, 6) is -0.921. The standard InChI is InChI=1S/C17H31N3O4/c1-8-10-12(14(21)18-9-2)19-15(22)13(11(3)4)20-16(23)24-17(5,6)7/h9,11-13H,2,8,10H2,1,3-7H3,(H,18,21)(H,19,22)(H,20,23)/t12-,13-/m0/s1. The van der Waals surface area contributed by atoms with Crippen LogP contribution < -0.4 is 16.0 Å². The lowest BCUT2D eigenvalue weighted by molar-refractivity contribution is -0.130. The summed E-state index contributed by atoms with van der Waals surface area (Å²) in [4.78, 5) is 36.4. The van der Waals surface area contributed by atoms with E-state index in [2.05, 4.69) is 22.5 Å². The molecule has 0 spiro atoms. The first-order chi connectivity index (χ1) is 11.0. The molecule has 0 aliphatic rings. The lowest BCUT2D eigenvalue weighted by atomic mass is 10.0. The Labute approximate surface area is 144 Å². The molecule has 0 aliphatic heterocycles. The molecule has 0 aromatic carbocycles. The Morgan fingerprint density at radius 1 is 1.12 bits per heavy atom. The zero-order valence-electron chi connectivity index (χ0n) is 15.6. The molecule has 3 N–H and O–H groups in total. The lowest BCUT2D eigenvalue weighted by Gasteiger charge is -2.26. The van der Waals surface area contributed by atoms with Gasteiger partial charge in [0.05, 0.1) is 0 Å². The summed E-state index contributed by atoms with van der Waals surface area (Å²) in [5, 5.41) is 7.72. The highest BCUT2D eigenvalue weighted by Crippen LogP contribution is 2.09. The van der Waals surface area contributed by atoms with Gasteiger partial charge < -0.3 is 20.7 Å². The third-order valence-corrected chi connectivity index (χ3v) is 3.08. The molecule has 0 aromatic heterocycles. The second-order valence-electron chi connectivity index (χ2n) is 6.93. The molecule has 0 fully saturated rings.